The van der Waals surface area contributed by atoms with Gasteiger partial charge >= 0.3 is 5.97 Å². The highest BCUT2D eigenvalue weighted by Crippen LogP contribution is 2.19. The van der Waals surface area contributed by atoms with Crippen LogP contribution in [0.25, 0.3) is 5.65 Å². The molecule has 2 rings (SSSR count). The Morgan fingerprint density at radius 1 is 1.56 bits per heavy atom. The van der Waals surface area contributed by atoms with Crippen molar-refractivity contribution < 1.29 is 9.90 Å². The second-order valence-corrected chi connectivity index (χ2v) is 3.97. The first-order chi connectivity index (χ1) is 7.59. The van der Waals surface area contributed by atoms with Crippen molar-refractivity contribution in [1.82, 2.24) is 9.38 Å². The number of rotatable bonds is 3. The molecule has 0 aliphatic rings. The topological polar surface area (TPSA) is 54.6 Å². The zero-order valence-electron chi connectivity index (χ0n) is 8.77. The van der Waals surface area contributed by atoms with E-state index in [0.29, 0.717) is 11.6 Å². The fourth-order valence-corrected chi connectivity index (χ4v) is 2.00. The van der Waals surface area contributed by atoms with Crippen molar-refractivity contribution in [2.75, 3.05) is 0 Å². The fraction of sp³-hybridized carbons (Fsp3) is 0.273. The van der Waals surface area contributed by atoms with Crippen LogP contribution in [0.3, 0.4) is 0 Å². The van der Waals surface area contributed by atoms with Crippen LogP contribution < -0.4 is 0 Å². The molecule has 0 aromatic carbocycles. The summed E-state index contributed by atoms with van der Waals surface area (Å²) in [7, 11) is 0. The molecule has 4 nitrogen and oxygen atoms in total. The summed E-state index contributed by atoms with van der Waals surface area (Å²) >= 11 is 6.07. The third-order valence-electron chi connectivity index (χ3n) is 2.47. The van der Waals surface area contributed by atoms with Gasteiger partial charge in [0.2, 0.25) is 0 Å². The predicted octanol–water partition coefficient (Wildman–Crippen LogP) is 2.31. The molecular formula is C11H11ClN2O2. The smallest absolute Gasteiger partial charge is 0.303 e. The Bertz CT molecular complexity index is 548. The van der Waals surface area contributed by atoms with E-state index in [4.69, 9.17) is 16.7 Å². The predicted molar refractivity (Wildman–Crippen MR) is 60.9 cm³/mol. The largest absolute Gasteiger partial charge is 0.481 e. The number of aromatic nitrogens is 2. The molecular weight excluding hydrogens is 228 g/mol. The normalized spacial score (nSPS) is 10.9. The lowest BCUT2D eigenvalue weighted by atomic mass is 10.2. The van der Waals surface area contributed by atoms with Gasteiger partial charge in [0.25, 0.3) is 0 Å². The van der Waals surface area contributed by atoms with Gasteiger partial charge < -0.3 is 5.11 Å². The quantitative estimate of drug-likeness (QED) is 0.835. The van der Waals surface area contributed by atoms with Crippen molar-refractivity contribution in [1.29, 1.82) is 0 Å². The summed E-state index contributed by atoms with van der Waals surface area (Å²) in [6, 6.07) is 5.44. The molecule has 16 heavy (non-hydrogen) atoms. The van der Waals surface area contributed by atoms with E-state index in [1.54, 1.807) is 10.5 Å². The molecule has 0 amide bonds. The number of nitrogens with zero attached hydrogens (tertiary/aromatic N) is 2. The van der Waals surface area contributed by atoms with Gasteiger partial charge in [0.1, 0.15) is 10.8 Å². The summed E-state index contributed by atoms with van der Waals surface area (Å²) in [4.78, 5) is 14.9. The van der Waals surface area contributed by atoms with Crippen molar-refractivity contribution >= 4 is 23.2 Å². The summed E-state index contributed by atoms with van der Waals surface area (Å²) in [6.45, 7) is 1.86. The summed E-state index contributed by atoms with van der Waals surface area (Å²) in [6.07, 6.45) is 0.520. The highest BCUT2D eigenvalue weighted by molar-refractivity contribution is 6.29. The molecule has 2 aromatic rings. The van der Waals surface area contributed by atoms with E-state index in [1.807, 2.05) is 19.1 Å². The van der Waals surface area contributed by atoms with E-state index in [-0.39, 0.29) is 6.42 Å². The molecule has 2 heterocycles. The van der Waals surface area contributed by atoms with Crippen molar-refractivity contribution in [3.63, 3.8) is 0 Å². The van der Waals surface area contributed by atoms with Crippen molar-refractivity contribution in [3.05, 3.63) is 34.7 Å². The van der Waals surface area contributed by atoms with Crippen molar-refractivity contribution in [3.8, 4) is 0 Å². The molecule has 0 fully saturated rings. The maximum absolute atomic E-state index is 10.6. The fourth-order valence-electron chi connectivity index (χ4n) is 1.74. The third-order valence-corrected chi connectivity index (χ3v) is 2.76. The number of imidazole rings is 1. The SMILES string of the molecule is Cc1nc2cccc(Cl)n2c1CCC(=O)O. The number of fused-ring (bicyclic) bond motifs is 1. The molecule has 1 N–H and O–H groups in total. The lowest BCUT2D eigenvalue weighted by Gasteiger charge is -2.03. The first-order valence-corrected chi connectivity index (χ1v) is 5.31. The van der Waals surface area contributed by atoms with Crippen molar-refractivity contribution in [2.24, 2.45) is 0 Å². The van der Waals surface area contributed by atoms with Crippen LogP contribution in [0.5, 0.6) is 0 Å². The molecule has 0 saturated heterocycles. The van der Waals surface area contributed by atoms with Crippen LogP contribution in [0, 0.1) is 6.92 Å². The minimum absolute atomic E-state index is 0.0832. The monoisotopic (exact) mass is 238 g/mol. The minimum Gasteiger partial charge on any atom is -0.481 e. The van der Waals surface area contributed by atoms with Crippen molar-refractivity contribution in [2.45, 2.75) is 19.8 Å². The van der Waals surface area contributed by atoms with Crippen LogP contribution in [0.15, 0.2) is 18.2 Å². The average Bonchev–Trinajstić information content (AvgIpc) is 2.52. The Morgan fingerprint density at radius 3 is 3.00 bits per heavy atom. The van der Waals surface area contributed by atoms with Gasteiger partial charge in [-0.05, 0) is 19.1 Å². The van der Waals surface area contributed by atoms with Gasteiger partial charge in [-0.15, -0.1) is 0 Å². The molecule has 0 aliphatic carbocycles. The maximum atomic E-state index is 10.6. The molecule has 0 atom stereocenters. The molecule has 0 bridgehead atoms. The number of carbonyl (C=O) groups is 1. The number of carboxylic acid groups (broad SMARTS) is 1. The van der Waals surface area contributed by atoms with Crippen LogP contribution in [0.2, 0.25) is 5.15 Å². The van der Waals surface area contributed by atoms with E-state index >= 15 is 0 Å². The Morgan fingerprint density at radius 2 is 2.31 bits per heavy atom. The lowest BCUT2D eigenvalue weighted by Crippen LogP contribution is -2.02. The average molecular weight is 239 g/mol. The molecule has 2 aromatic heterocycles. The van der Waals surface area contributed by atoms with Crippen LogP contribution in [-0.4, -0.2) is 20.5 Å². The first-order valence-electron chi connectivity index (χ1n) is 4.94. The van der Waals surface area contributed by atoms with Crippen LogP contribution in [0.4, 0.5) is 0 Å². The van der Waals surface area contributed by atoms with E-state index in [1.165, 1.54) is 0 Å². The van der Waals surface area contributed by atoms with Gasteiger partial charge in [0, 0.05) is 12.1 Å². The number of pyridine rings is 1. The number of aliphatic carboxylic acids is 1. The molecule has 0 aliphatic heterocycles. The van der Waals surface area contributed by atoms with E-state index in [2.05, 4.69) is 4.98 Å². The summed E-state index contributed by atoms with van der Waals surface area (Å²) in [5.41, 5.74) is 2.45. The highest BCUT2D eigenvalue weighted by atomic mass is 35.5. The second-order valence-electron chi connectivity index (χ2n) is 3.58. The van der Waals surface area contributed by atoms with Gasteiger partial charge in [-0.1, -0.05) is 17.7 Å². The number of hydrogen-bond acceptors (Lipinski definition) is 2. The summed E-state index contributed by atoms with van der Waals surface area (Å²) < 4.78 is 1.79. The van der Waals surface area contributed by atoms with Gasteiger partial charge in [-0.25, -0.2) is 4.98 Å². The number of halogens is 1. The highest BCUT2D eigenvalue weighted by Gasteiger charge is 2.11. The summed E-state index contributed by atoms with van der Waals surface area (Å²) in [5.74, 6) is -0.818. The lowest BCUT2D eigenvalue weighted by molar-refractivity contribution is -0.136. The van der Waals surface area contributed by atoms with E-state index < -0.39 is 5.97 Å². The van der Waals surface area contributed by atoms with E-state index in [9.17, 15) is 4.79 Å². The van der Waals surface area contributed by atoms with Gasteiger partial charge in [-0.3, -0.25) is 9.20 Å². The Balaban J connectivity index is 2.50. The first kappa shape index (κ1) is 11.0. The number of aryl methyl sites for hydroxylation is 2. The molecule has 0 spiro atoms. The van der Waals surface area contributed by atoms with Gasteiger partial charge in [0.05, 0.1) is 12.1 Å². The maximum Gasteiger partial charge on any atom is 0.303 e. The Kier molecular flexibility index (Phi) is 2.83. The van der Waals surface area contributed by atoms with Crippen LogP contribution >= 0.6 is 11.6 Å². The molecule has 0 saturated carbocycles. The standard InChI is InChI=1S/C11H11ClN2O2/c1-7-8(5-6-11(15)16)14-9(12)3-2-4-10(14)13-7/h2-4H,5-6H2,1H3,(H,15,16). The molecule has 5 heteroatoms. The number of carboxylic acids is 1. The van der Waals surface area contributed by atoms with E-state index in [0.717, 1.165) is 17.0 Å². The summed E-state index contributed by atoms with van der Waals surface area (Å²) in [5, 5.41) is 9.24. The second kappa shape index (κ2) is 4.14. The third kappa shape index (κ3) is 1.88. The number of hydrogen-bond donors (Lipinski definition) is 1. The molecule has 0 radical (unpaired) electrons. The Hall–Kier alpha value is -1.55. The zero-order valence-corrected chi connectivity index (χ0v) is 9.53. The molecule has 0 unspecified atom stereocenters. The van der Waals surface area contributed by atoms with Gasteiger partial charge in [-0.2, -0.15) is 0 Å². The Labute approximate surface area is 97.5 Å². The zero-order chi connectivity index (χ0) is 11.7. The molecule has 84 valence electrons. The van der Waals surface area contributed by atoms with Crippen LogP contribution in [0.1, 0.15) is 17.8 Å². The van der Waals surface area contributed by atoms with Crippen LogP contribution in [-0.2, 0) is 11.2 Å². The van der Waals surface area contributed by atoms with Gasteiger partial charge in [0.15, 0.2) is 0 Å². The minimum atomic E-state index is -0.818.